The second-order valence-electron chi connectivity index (χ2n) is 3.36. The van der Waals surface area contributed by atoms with Gasteiger partial charge in [0.15, 0.2) is 6.10 Å². The molecular weight excluding hydrogens is 368 g/mol. The van der Waals surface area contributed by atoms with Crippen LogP contribution < -0.4 is 5.32 Å². The molecule has 0 aliphatic rings. The lowest BCUT2D eigenvalue weighted by Gasteiger charge is -2.16. The van der Waals surface area contributed by atoms with E-state index in [4.69, 9.17) is 5.11 Å². The zero-order valence-corrected chi connectivity index (χ0v) is 10.9. The number of nitrogens with one attached hydrogen (secondary N) is 1. The fraction of sp³-hybridized carbons (Fsp3) is 0.333. The van der Waals surface area contributed by atoms with Crippen LogP contribution in [0.5, 0.6) is 0 Å². The fourth-order valence-electron chi connectivity index (χ4n) is 1.08. The zero-order chi connectivity index (χ0) is 13.9. The quantitative estimate of drug-likeness (QED) is 0.481. The highest BCUT2D eigenvalue weighted by Gasteiger charge is 2.37. The summed E-state index contributed by atoms with van der Waals surface area (Å²) in [7, 11) is 0. The third-order valence-electron chi connectivity index (χ3n) is 2.03. The van der Waals surface area contributed by atoms with E-state index in [9.17, 15) is 23.3 Å². The van der Waals surface area contributed by atoms with Crippen LogP contribution in [0.2, 0.25) is 0 Å². The lowest BCUT2D eigenvalue weighted by atomic mass is 10.2. The minimum atomic E-state index is -4.70. The van der Waals surface area contributed by atoms with Gasteiger partial charge in [0.25, 0.3) is 5.69 Å². The van der Waals surface area contributed by atoms with Crippen molar-refractivity contribution in [2.24, 2.45) is 0 Å². The largest absolute Gasteiger partial charge is 0.416 e. The number of aliphatic hydroxyl groups excluding tert-OH is 1. The van der Waals surface area contributed by atoms with Crippen LogP contribution in [-0.4, -0.2) is 28.9 Å². The number of anilines is 1. The first-order valence-electron chi connectivity index (χ1n) is 4.64. The van der Waals surface area contributed by atoms with Crippen molar-refractivity contribution >= 4 is 34.0 Å². The zero-order valence-electron chi connectivity index (χ0n) is 8.74. The number of hydrogen-bond donors (Lipinski definition) is 2. The predicted octanol–water partition coefficient (Wildman–Crippen LogP) is 2.53. The topological polar surface area (TPSA) is 75.4 Å². The van der Waals surface area contributed by atoms with Crippen LogP contribution in [0, 0.1) is 13.7 Å². The summed E-state index contributed by atoms with van der Waals surface area (Å²) in [4.78, 5) is 9.85. The predicted molar refractivity (Wildman–Crippen MR) is 66.4 cm³/mol. The Morgan fingerprint density at radius 2 is 2.11 bits per heavy atom. The third kappa shape index (κ3) is 3.98. The lowest BCUT2D eigenvalue weighted by molar-refractivity contribution is -0.384. The molecule has 1 unspecified atom stereocenters. The van der Waals surface area contributed by atoms with E-state index >= 15 is 0 Å². The summed E-state index contributed by atoms with van der Waals surface area (Å²) in [6.45, 7) is -0.711. The Kier molecular flexibility index (Phi) is 4.73. The number of aliphatic hydroxyl groups is 1. The van der Waals surface area contributed by atoms with E-state index in [2.05, 4.69) is 5.32 Å². The molecule has 2 N–H and O–H groups in total. The lowest BCUT2D eigenvalue weighted by Crippen LogP contribution is -2.35. The van der Waals surface area contributed by atoms with Gasteiger partial charge in [-0.2, -0.15) is 13.2 Å². The van der Waals surface area contributed by atoms with Crippen molar-refractivity contribution in [2.75, 3.05) is 11.9 Å². The van der Waals surface area contributed by atoms with Crippen LogP contribution in [0.25, 0.3) is 0 Å². The minimum absolute atomic E-state index is 0.152. The van der Waals surface area contributed by atoms with E-state index in [1.807, 2.05) is 0 Å². The van der Waals surface area contributed by atoms with Crippen LogP contribution in [0.1, 0.15) is 0 Å². The molecule has 0 bridgehead atoms. The Hall–Kier alpha value is -1.10. The maximum absolute atomic E-state index is 12.0. The Labute approximate surface area is 113 Å². The average molecular weight is 376 g/mol. The molecule has 5 nitrogen and oxygen atoms in total. The number of halogens is 4. The molecule has 0 saturated carbocycles. The van der Waals surface area contributed by atoms with Gasteiger partial charge in [-0.25, -0.2) is 0 Å². The van der Waals surface area contributed by atoms with Crippen LogP contribution >= 0.6 is 22.6 Å². The van der Waals surface area contributed by atoms with Crippen molar-refractivity contribution in [1.29, 1.82) is 0 Å². The smallest absolute Gasteiger partial charge is 0.382 e. The minimum Gasteiger partial charge on any atom is -0.382 e. The van der Waals surface area contributed by atoms with Gasteiger partial charge in [0, 0.05) is 27.9 Å². The number of hydrogen-bond acceptors (Lipinski definition) is 4. The molecule has 1 rings (SSSR count). The van der Waals surface area contributed by atoms with Gasteiger partial charge in [-0.15, -0.1) is 0 Å². The molecule has 1 aromatic carbocycles. The van der Waals surface area contributed by atoms with Crippen LogP contribution in [0.4, 0.5) is 24.5 Å². The first kappa shape index (κ1) is 15.0. The summed E-state index contributed by atoms with van der Waals surface area (Å²) in [5.74, 6) is 0. The van der Waals surface area contributed by atoms with Gasteiger partial charge in [0.2, 0.25) is 0 Å². The molecule has 100 valence electrons. The molecule has 9 heteroatoms. The van der Waals surface area contributed by atoms with E-state index in [-0.39, 0.29) is 5.69 Å². The SMILES string of the molecule is O=[N+]([O-])c1ccc(NCC(O)C(F)(F)F)c(I)c1. The summed E-state index contributed by atoms with van der Waals surface area (Å²) in [5, 5.41) is 21.6. The van der Waals surface area contributed by atoms with Crippen molar-refractivity contribution in [1.82, 2.24) is 0 Å². The molecule has 1 atom stereocenters. The van der Waals surface area contributed by atoms with E-state index in [1.165, 1.54) is 18.2 Å². The number of rotatable bonds is 4. The molecule has 18 heavy (non-hydrogen) atoms. The second-order valence-corrected chi connectivity index (χ2v) is 4.52. The van der Waals surface area contributed by atoms with Crippen molar-refractivity contribution in [3.63, 3.8) is 0 Å². The van der Waals surface area contributed by atoms with Gasteiger partial charge < -0.3 is 10.4 Å². The van der Waals surface area contributed by atoms with Gasteiger partial charge in [-0.3, -0.25) is 10.1 Å². The molecule has 0 aliphatic heterocycles. The second kappa shape index (κ2) is 5.69. The molecule has 0 amide bonds. The number of nitro groups is 1. The number of non-ortho nitro benzene ring substituents is 1. The highest BCUT2D eigenvalue weighted by molar-refractivity contribution is 14.1. The van der Waals surface area contributed by atoms with Gasteiger partial charge in [-0.1, -0.05) is 0 Å². The molecular formula is C9H8F3IN2O3. The van der Waals surface area contributed by atoms with Crippen LogP contribution in [0.15, 0.2) is 18.2 Å². The number of benzene rings is 1. The summed E-state index contributed by atoms with van der Waals surface area (Å²) in [6, 6.07) is 3.69. The first-order valence-corrected chi connectivity index (χ1v) is 5.72. The molecule has 0 saturated heterocycles. The monoisotopic (exact) mass is 376 g/mol. The van der Waals surface area contributed by atoms with E-state index in [1.54, 1.807) is 22.6 Å². The molecule has 0 fully saturated rings. The van der Waals surface area contributed by atoms with Crippen LogP contribution in [-0.2, 0) is 0 Å². The normalized spacial score (nSPS) is 13.2. The summed E-state index contributed by atoms with van der Waals surface area (Å²) >= 11 is 1.76. The molecule has 0 radical (unpaired) electrons. The fourth-order valence-corrected chi connectivity index (χ4v) is 1.77. The average Bonchev–Trinajstić information content (AvgIpc) is 2.25. The standard InChI is InChI=1S/C9H8F3IN2O3/c10-9(11,12)8(16)4-14-7-2-1-5(15(17)18)3-6(7)13/h1-3,8,14,16H,4H2. The Bertz CT molecular complexity index is 453. The van der Waals surface area contributed by atoms with E-state index in [0.717, 1.165) is 0 Å². The summed E-state index contributed by atoms with van der Waals surface area (Å²) in [5.41, 5.74) is 0.144. The van der Waals surface area contributed by atoms with Crippen LogP contribution in [0.3, 0.4) is 0 Å². The molecule has 0 heterocycles. The van der Waals surface area contributed by atoms with Gasteiger partial charge >= 0.3 is 6.18 Å². The third-order valence-corrected chi connectivity index (χ3v) is 2.92. The van der Waals surface area contributed by atoms with E-state index < -0.39 is 23.7 Å². The molecule has 0 aliphatic carbocycles. The summed E-state index contributed by atoms with van der Waals surface area (Å²) < 4.78 is 36.5. The first-order chi connectivity index (χ1) is 8.21. The number of nitro benzene ring substituents is 1. The molecule has 0 aromatic heterocycles. The highest BCUT2D eigenvalue weighted by atomic mass is 127. The Morgan fingerprint density at radius 1 is 1.50 bits per heavy atom. The number of alkyl halides is 3. The maximum Gasteiger partial charge on any atom is 0.416 e. The summed E-state index contributed by atoms with van der Waals surface area (Å²) in [6.07, 6.45) is -7.18. The maximum atomic E-state index is 12.0. The number of nitrogens with zero attached hydrogens (tertiary/aromatic N) is 1. The van der Waals surface area contributed by atoms with Gasteiger partial charge in [0.05, 0.1) is 4.92 Å². The van der Waals surface area contributed by atoms with Gasteiger partial charge in [-0.05, 0) is 28.7 Å². The van der Waals surface area contributed by atoms with Gasteiger partial charge in [0.1, 0.15) is 0 Å². The Balaban J connectivity index is 2.72. The van der Waals surface area contributed by atoms with Crippen molar-refractivity contribution < 1.29 is 23.2 Å². The molecule has 1 aromatic rings. The van der Waals surface area contributed by atoms with Crippen molar-refractivity contribution in [3.8, 4) is 0 Å². The van der Waals surface area contributed by atoms with E-state index in [0.29, 0.717) is 9.26 Å². The Morgan fingerprint density at radius 3 is 2.56 bits per heavy atom. The highest BCUT2D eigenvalue weighted by Crippen LogP contribution is 2.25. The molecule has 0 spiro atoms. The van der Waals surface area contributed by atoms with Crippen molar-refractivity contribution in [3.05, 3.63) is 31.9 Å². The van der Waals surface area contributed by atoms with Crippen molar-refractivity contribution in [2.45, 2.75) is 12.3 Å².